The Labute approximate surface area is 118 Å². The fourth-order valence-corrected chi connectivity index (χ4v) is 2.89. The summed E-state index contributed by atoms with van der Waals surface area (Å²) < 4.78 is 0. The zero-order valence-electron chi connectivity index (χ0n) is 12.6. The average molecular weight is 257 g/mol. The highest BCUT2D eigenvalue weighted by Gasteiger charge is 2.24. The minimum atomic E-state index is 0.763. The Balaban J connectivity index is 2.02. The number of rotatable bonds is 5. The number of hydrogen-bond donors (Lipinski definition) is 0. The maximum absolute atomic E-state index is 4.37. The van der Waals surface area contributed by atoms with Crippen LogP contribution in [-0.2, 0) is 0 Å². The van der Waals surface area contributed by atoms with Gasteiger partial charge in [0.25, 0.3) is 0 Å². The van der Waals surface area contributed by atoms with Crippen LogP contribution in [0.5, 0.6) is 0 Å². The standard InChI is InChI=1S/C18H27N/c1-14(2)17(11-16-8-6-9-16)12-18-13-19-10-5-4-7-15(18)3/h4-5,7,10,13-14,16-17H,6,8-9,11-12H2,1-3H3/b5-4-,7-4?,10-5?,15-7?,18-13?,18-15?,19-10?,19-13?. The highest BCUT2D eigenvalue weighted by molar-refractivity contribution is 5.72. The summed E-state index contributed by atoms with van der Waals surface area (Å²) in [5.41, 5.74) is 2.78. The Bertz CT molecular complexity index is 405. The lowest BCUT2D eigenvalue weighted by Crippen LogP contribution is -2.20. The summed E-state index contributed by atoms with van der Waals surface area (Å²) in [6, 6.07) is 0. The third kappa shape index (κ3) is 4.19. The van der Waals surface area contributed by atoms with E-state index in [4.69, 9.17) is 0 Å². The fourth-order valence-electron chi connectivity index (χ4n) is 2.89. The van der Waals surface area contributed by atoms with Gasteiger partial charge in [-0.15, -0.1) is 0 Å². The second kappa shape index (κ2) is 6.88. The molecule has 0 N–H and O–H groups in total. The highest BCUT2D eigenvalue weighted by Crippen LogP contribution is 2.37. The number of hydrogen-bond acceptors (Lipinski definition) is 1. The first-order chi connectivity index (χ1) is 9.16. The van der Waals surface area contributed by atoms with E-state index < -0.39 is 0 Å². The first kappa shape index (κ1) is 14.3. The molecule has 1 heteroatoms. The molecule has 0 amide bonds. The molecule has 2 rings (SSSR count). The minimum absolute atomic E-state index is 0.763. The van der Waals surface area contributed by atoms with Gasteiger partial charge in [-0.05, 0) is 54.7 Å². The molecule has 1 unspecified atom stereocenters. The summed E-state index contributed by atoms with van der Waals surface area (Å²) in [5, 5.41) is 0. The molecule has 104 valence electrons. The van der Waals surface area contributed by atoms with Crippen LogP contribution in [0.4, 0.5) is 0 Å². The minimum Gasteiger partial charge on any atom is -0.264 e. The molecular weight excluding hydrogens is 230 g/mol. The van der Waals surface area contributed by atoms with Crippen LogP contribution in [0.1, 0.15) is 52.9 Å². The van der Waals surface area contributed by atoms with Gasteiger partial charge in [0.15, 0.2) is 0 Å². The van der Waals surface area contributed by atoms with Gasteiger partial charge in [-0.2, -0.15) is 0 Å². The molecule has 1 saturated carbocycles. The van der Waals surface area contributed by atoms with Gasteiger partial charge in [-0.25, -0.2) is 0 Å². The number of aliphatic imine (C=N–C) groups is 1. The predicted molar refractivity (Wildman–Crippen MR) is 84.4 cm³/mol. The lowest BCUT2D eigenvalue weighted by molar-refractivity contribution is 0.216. The third-order valence-corrected chi connectivity index (χ3v) is 4.65. The monoisotopic (exact) mass is 257 g/mol. The van der Waals surface area contributed by atoms with Crippen molar-refractivity contribution in [3.63, 3.8) is 0 Å². The van der Waals surface area contributed by atoms with E-state index in [1.807, 2.05) is 12.3 Å². The van der Waals surface area contributed by atoms with E-state index in [9.17, 15) is 0 Å². The molecule has 1 aliphatic carbocycles. The Hall–Kier alpha value is -1.11. The average Bonchev–Trinajstić information content (AvgIpc) is 2.30. The van der Waals surface area contributed by atoms with Crippen LogP contribution in [0.2, 0.25) is 0 Å². The van der Waals surface area contributed by atoms with Crippen LogP contribution in [0.3, 0.4) is 0 Å². The lowest BCUT2D eigenvalue weighted by atomic mass is 9.74. The number of allylic oxidation sites excluding steroid dienone is 5. The predicted octanol–water partition coefficient (Wildman–Crippen LogP) is 5.31. The Morgan fingerprint density at radius 1 is 1.26 bits per heavy atom. The van der Waals surface area contributed by atoms with Gasteiger partial charge in [0.05, 0.1) is 0 Å². The third-order valence-electron chi connectivity index (χ3n) is 4.65. The van der Waals surface area contributed by atoms with E-state index in [0.29, 0.717) is 0 Å². The smallest absolute Gasteiger partial charge is 0.0302 e. The van der Waals surface area contributed by atoms with Crippen molar-refractivity contribution in [1.29, 1.82) is 0 Å². The van der Waals surface area contributed by atoms with Crippen LogP contribution in [0.25, 0.3) is 0 Å². The van der Waals surface area contributed by atoms with E-state index in [-0.39, 0.29) is 0 Å². The first-order valence-corrected chi connectivity index (χ1v) is 7.73. The zero-order valence-corrected chi connectivity index (χ0v) is 12.6. The van der Waals surface area contributed by atoms with Crippen molar-refractivity contribution in [2.24, 2.45) is 22.7 Å². The van der Waals surface area contributed by atoms with E-state index in [0.717, 1.165) is 17.8 Å². The van der Waals surface area contributed by atoms with Crippen molar-refractivity contribution in [1.82, 2.24) is 0 Å². The molecule has 1 nitrogen and oxygen atoms in total. The molecule has 0 bridgehead atoms. The van der Waals surface area contributed by atoms with Gasteiger partial charge >= 0.3 is 0 Å². The Morgan fingerprint density at radius 3 is 2.68 bits per heavy atom. The molecule has 19 heavy (non-hydrogen) atoms. The van der Waals surface area contributed by atoms with Crippen molar-refractivity contribution in [2.45, 2.75) is 52.9 Å². The van der Waals surface area contributed by atoms with Gasteiger partial charge in [-0.1, -0.05) is 45.3 Å². The normalized spacial score (nSPS) is 23.2. The van der Waals surface area contributed by atoms with Crippen molar-refractivity contribution >= 4 is 6.21 Å². The summed E-state index contributed by atoms with van der Waals surface area (Å²) in [6.07, 6.45) is 17.2. The SMILES string of the molecule is CC1=C/C=C\C=NC=C1CC(CC1CCC1)C(C)C. The summed E-state index contributed by atoms with van der Waals surface area (Å²) in [5.74, 6) is 2.56. The van der Waals surface area contributed by atoms with Gasteiger partial charge in [0.2, 0.25) is 0 Å². The number of nitrogens with zero attached hydrogens (tertiary/aromatic N) is 1. The molecule has 1 fully saturated rings. The largest absolute Gasteiger partial charge is 0.264 e. The van der Waals surface area contributed by atoms with E-state index in [2.05, 4.69) is 44.1 Å². The van der Waals surface area contributed by atoms with Gasteiger partial charge in [0, 0.05) is 12.4 Å². The molecule has 0 aromatic carbocycles. The fraction of sp³-hybridized carbons (Fsp3) is 0.611. The first-order valence-electron chi connectivity index (χ1n) is 7.73. The molecular formula is C18H27N. The molecule has 0 saturated heterocycles. The summed E-state index contributed by atoms with van der Waals surface area (Å²) in [6.45, 7) is 6.95. The van der Waals surface area contributed by atoms with E-state index in [1.165, 1.54) is 43.3 Å². The van der Waals surface area contributed by atoms with Crippen molar-refractivity contribution in [3.05, 3.63) is 35.6 Å². The molecule has 0 aromatic heterocycles. The van der Waals surface area contributed by atoms with E-state index >= 15 is 0 Å². The second-order valence-electron chi connectivity index (χ2n) is 6.43. The Kier molecular flexibility index (Phi) is 5.18. The molecule has 2 aliphatic rings. The summed E-state index contributed by atoms with van der Waals surface area (Å²) >= 11 is 0. The van der Waals surface area contributed by atoms with E-state index in [1.54, 1.807) is 0 Å². The van der Waals surface area contributed by atoms with Gasteiger partial charge in [-0.3, -0.25) is 4.99 Å². The van der Waals surface area contributed by atoms with Crippen LogP contribution in [-0.4, -0.2) is 6.21 Å². The maximum atomic E-state index is 4.37. The van der Waals surface area contributed by atoms with Crippen molar-refractivity contribution in [3.8, 4) is 0 Å². The molecule has 0 aromatic rings. The summed E-state index contributed by atoms with van der Waals surface area (Å²) in [4.78, 5) is 4.37. The topological polar surface area (TPSA) is 12.4 Å². The van der Waals surface area contributed by atoms with Crippen LogP contribution in [0.15, 0.2) is 40.6 Å². The molecule has 0 radical (unpaired) electrons. The molecule has 1 heterocycles. The van der Waals surface area contributed by atoms with Crippen LogP contribution < -0.4 is 0 Å². The van der Waals surface area contributed by atoms with Gasteiger partial charge in [0.1, 0.15) is 0 Å². The second-order valence-corrected chi connectivity index (χ2v) is 6.43. The van der Waals surface area contributed by atoms with Crippen molar-refractivity contribution < 1.29 is 0 Å². The highest BCUT2D eigenvalue weighted by atomic mass is 14.7. The molecule has 0 spiro atoms. The maximum Gasteiger partial charge on any atom is 0.0302 e. The Morgan fingerprint density at radius 2 is 2.05 bits per heavy atom. The van der Waals surface area contributed by atoms with Crippen LogP contribution in [0, 0.1) is 17.8 Å². The quantitative estimate of drug-likeness (QED) is 0.633. The zero-order chi connectivity index (χ0) is 13.7. The summed E-state index contributed by atoms with van der Waals surface area (Å²) in [7, 11) is 0. The molecule has 1 aliphatic heterocycles. The lowest BCUT2D eigenvalue weighted by Gasteiger charge is -2.32. The van der Waals surface area contributed by atoms with Gasteiger partial charge < -0.3 is 0 Å². The van der Waals surface area contributed by atoms with Crippen LogP contribution >= 0.6 is 0 Å². The molecule has 1 atom stereocenters. The van der Waals surface area contributed by atoms with Crippen molar-refractivity contribution in [2.75, 3.05) is 0 Å².